The largest absolute Gasteiger partial charge is 0.383 e. The average Bonchev–Trinajstić information content (AvgIpc) is 2.73. The molecule has 0 saturated heterocycles. The Hall–Kier alpha value is -1.95. The molecule has 126 valence electrons. The van der Waals surface area contributed by atoms with Crippen molar-refractivity contribution in [3.8, 4) is 11.1 Å². The fourth-order valence-corrected chi connectivity index (χ4v) is 2.86. The second kappa shape index (κ2) is 7.30. The van der Waals surface area contributed by atoms with Crippen LogP contribution in [0.15, 0.2) is 36.4 Å². The summed E-state index contributed by atoms with van der Waals surface area (Å²) in [7, 11) is 1.59. The Labute approximate surface area is 144 Å². The maximum Gasteiger partial charge on any atom is 0.253 e. The van der Waals surface area contributed by atoms with E-state index in [2.05, 4.69) is 0 Å². The van der Waals surface area contributed by atoms with Gasteiger partial charge in [-0.1, -0.05) is 29.8 Å². The van der Waals surface area contributed by atoms with Gasteiger partial charge in [-0.05, 0) is 29.3 Å². The number of ether oxygens (including phenoxy) is 2. The molecule has 24 heavy (non-hydrogen) atoms. The lowest BCUT2D eigenvalue weighted by Crippen LogP contribution is -2.35. The molecule has 0 saturated carbocycles. The molecule has 2 aromatic carbocycles. The van der Waals surface area contributed by atoms with E-state index in [-0.39, 0.29) is 17.5 Å². The lowest BCUT2D eigenvalue weighted by Gasteiger charge is -2.22. The van der Waals surface area contributed by atoms with Gasteiger partial charge in [0.1, 0.15) is 12.4 Å². The predicted molar refractivity (Wildman–Crippen MR) is 90.7 cm³/mol. The van der Waals surface area contributed by atoms with Crippen LogP contribution in [0.5, 0.6) is 0 Å². The lowest BCUT2D eigenvalue weighted by atomic mass is 10.0. The molecule has 0 bridgehead atoms. The van der Waals surface area contributed by atoms with Gasteiger partial charge in [0.25, 0.3) is 5.91 Å². The van der Waals surface area contributed by atoms with Crippen LogP contribution in [0.1, 0.15) is 5.56 Å². The highest BCUT2D eigenvalue weighted by molar-refractivity contribution is 6.31. The van der Waals surface area contributed by atoms with Crippen molar-refractivity contribution in [3.63, 3.8) is 0 Å². The number of benzene rings is 2. The second-order valence-corrected chi connectivity index (χ2v) is 5.91. The van der Waals surface area contributed by atoms with Gasteiger partial charge in [-0.2, -0.15) is 0 Å². The van der Waals surface area contributed by atoms with Crippen LogP contribution in [0.3, 0.4) is 0 Å². The van der Waals surface area contributed by atoms with Crippen molar-refractivity contribution in [2.24, 2.45) is 0 Å². The summed E-state index contributed by atoms with van der Waals surface area (Å²) in [5.74, 6) is -0.569. The number of hydrogen-bond acceptors (Lipinski definition) is 3. The van der Waals surface area contributed by atoms with E-state index < -0.39 is 5.82 Å². The van der Waals surface area contributed by atoms with Crippen LogP contribution in [0, 0.1) is 5.82 Å². The number of rotatable bonds is 4. The summed E-state index contributed by atoms with van der Waals surface area (Å²) in [4.78, 5) is 14.0. The van der Waals surface area contributed by atoms with Gasteiger partial charge in [0, 0.05) is 24.9 Å². The monoisotopic (exact) mass is 349 g/mol. The van der Waals surface area contributed by atoms with E-state index in [1.807, 2.05) is 18.2 Å². The number of carbonyl (C=O) groups excluding carboxylic acids is 1. The van der Waals surface area contributed by atoms with Gasteiger partial charge in [-0.3, -0.25) is 4.79 Å². The zero-order valence-corrected chi connectivity index (χ0v) is 14.0. The van der Waals surface area contributed by atoms with Crippen LogP contribution in [0.2, 0.25) is 5.02 Å². The molecule has 0 fully saturated rings. The fourth-order valence-electron chi connectivity index (χ4n) is 2.68. The van der Waals surface area contributed by atoms with Crippen molar-refractivity contribution in [1.29, 1.82) is 0 Å². The lowest BCUT2D eigenvalue weighted by molar-refractivity contribution is -0.123. The second-order valence-electron chi connectivity index (χ2n) is 5.50. The van der Waals surface area contributed by atoms with Gasteiger partial charge in [-0.25, -0.2) is 4.39 Å². The highest BCUT2D eigenvalue weighted by Gasteiger charge is 2.23. The summed E-state index contributed by atoms with van der Waals surface area (Å²) >= 11 is 5.88. The van der Waals surface area contributed by atoms with E-state index in [0.29, 0.717) is 19.8 Å². The Bertz CT molecular complexity index is 766. The molecule has 1 aliphatic rings. The third kappa shape index (κ3) is 3.43. The molecule has 4 nitrogen and oxygen atoms in total. The Morgan fingerprint density at radius 3 is 2.71 bits per heavy atom. The van der Waals surface area contributed by atoms with Crippen molar-refractivity contribution in [2.75, 3.05) is 31.8 Å². The molecule has 0 atom stereocenters. The minimum atomic E-state index is -0.458. The molecular weight excluding hydrogens is 333 g/mol. The molecule has 1 heterocycles. The van der Waals surface area contributed by atoms with Gasteiger partial charge in [-0.15, -0.1) is 0 Å². The van der Waals surface area contributed by atoms with Crippen LogP contribution >= 0.6 is 11.6 Å². The minimum Gasteiger partial charge on any atom is -0.383 e. The number of halogens is 2. The van der Waals surface area contributed by atoms with Crippen LogP contribution in [-0.2, 0) is 20.9 Å². The maximum absolute atomic E-state index is 13.4. The average molecular weight is 350 g/mol. The Morgan fingerprint density at radius 1 is 1.21 bits per heavy atom. The smallest absolute Gasteiger partial charge is 0.253 e. The molecule has 0 aromatic heterocycles. The number of methoxy groups -OCH3 is 1. The summed E-state index contributed by atoms with van der Waals surface area (Å²) in [6, 6.07) is 10.3. The van der Waals surface area contributed by atoms with Crippen molar-refractivity contribution in [2.45, 2.75) is 6.61 Å². The van der Waals surface area contributed by atoms with Crippen LogP contribution in [0.25, 0.3) is 11.1 Å². The zero-order valence-electron chi connectivity index (χ0n) is 13.2. The van der Waals surface area contributed by atoms with Gasteiger partial charge in [0.2, 0.25) is 0 Å². The Kier molecular flexibility index (Phi) is 5.14. The van der Waals surface area contributed by atoms with E-state index in [1.165, 1.54) is 6.07 Å². The topological polar surface area (TPSA) is 38.8 Å². The zero-order chi connectivity index (χ0) is 17.1. The van der Waals surface area contributed by atoms with E-state index in [0.717, 1.165) is 22.4 Å². The van der Waals surface area contributed by atoms with E-state index in [1.54, 1.807) is 24.1 Å². The van der Waals surface area contributed by atoms with Crippen LogP contribution < -0.4 is 4.90 Å². The SMILES string of the molecule is COCCN1C(=O)COCc2ccc(-c3ccc(F)c(Cl)c3)cc21. The molecule has 0 spiro atoms. The third-order valence-corrected chi connectivity index (χ3v) is 4.22. The molecule has 1 aliphatic heterocycles. The molecule has 1 amide bonds. The quantitative estimate of drug-likeness (QED) is 0.845. The number of carbonyl (C=O) groups is 1. The number of hydrogen-bond donors (Lipinski definition) is 0. The molecule has 0 N–H and O–H groups in total. The van der Waals surface area contributed by atoms with Crippen molar-refractivity contribution in [1.82, 2.24) is 0 Å². The Morgan fingerprint density at radius 2 is 1.96 bits per heavy atom. The molecule has 0 unspecified atom stereocenters. The molecule has 0 aliphatic carbocycles. The highest BCUT2D eigenvalue weighted by atomic mass is 35.5. The van der Waals surface area contributed by atoms with Gasteiger partial charge >= 0.3 is 0 Å². The van der Waals surface area contributed by atoms with Crippen molar-refractivity contribution in [3.05, 3.63) is 52.8 Å². The first-order chi connectivity index (χ1) is 11.6. The highest BCUT2D eigenvalue weighted by Crippen LogP contribution is 2.32. The summed E-state index contributed by atoms with van der Waals surface area (Å²) < 4.78 is 23.9. The number of fused-ring (bicyclic) bond motifs is 1. The normalized spacial score (nSPS) is 14.5. The van der Waals surface area contributed by atoms with Gasteiger partial charge in [0.05, 0.1) is 18.2 Å². The first-order valence-corrected chi connectivity index (χ1v) is 7.93. The predicted octanol–water partition coefficient (Wildman–Crippen LogP) is 3.66. The Balaban J connectivity index is 2.03. The van der Waals surface area contributed by atoms with Gasteiger partial charge < -0.3 is 14.4 Å². The third-order valence-electron chi connectivity index (χ3n) is 3.93. The van der Waals surface area contributed by atoms with Gasteiger partial charge in [0.15, 0.2) is 0 Å². The molecule has 0 radical (unpaired) electrons. The molecule has 3 rings (SSSR count). The van der Waals surface area contributed by atoms with Crippen LogP contribution in [-0.4, -0.2) is 32.8 Å². The maximum atomic E-state index is 13.4. The number of nitrogens with zero attached hydrogens (tertiary/aromatic N) is 1. The summed E-state index contributed by atoms with van der Waals surface area (Å²) in [6.45, 7) is 1.28. The first-order valence-electron chi connectivity index (χ1n) is 7.55. The minimum absolute atomic E-state index is 0.0378. The standard InChI is InChI=1S/C18H17ClFNO3/c1-23-7-6-21-17-9-13(12-4-5-16(20)15(19)8-12)2-3-14(17)10-24-11-18(21)22/h2-5,8-9H,6-7,10-11H2,1H3. The summed E-state index contributed by atoms with van der Waals surface area (Å²) in [5, 5.41) is 0.0677. The van der Waals surface area contributed by atoms with E-state index in [4.69, 9.17) is 21.1 Å². The van der Waals surface area contributed by atoms with Crippen molar-refractivity contribution < 1.29 is 18.7 Å². The first kappa shape index (κ1) is 16.9. The summed E-state index contributed by atoms with van der Waals surface area (Å²) in [6.07, 6.45) is 0. The van der Waals surface area contributed by atoms with Crippen LogP contribution in [0.4, 0.5) is 10.1 Å². The fraction of sp³-hybridized carbons (Fsp3) is 0.278. The summed E-state index contributed by atoms with van der Waals surface area (Å²) in [5.41, 5.74) is 3.35. The van der Waals surface area contributed by atoms with Crippen molar-refractivity contribution >= 4 is 23.2 Å². The number of anilines is 1. The van der Waals surface area contributed by atoms with E-state index >= 15 is 0 Å². The molecule has 2 aromatic rings. The number of amides is 1. The van der Waals surface area contributed by atoms with E-state index in [9.17, 15) is 9.18 Å². The molecule has 6 heteroatoms. The molecular formula is C18H17ClFNO3.